The second kappa shape index (κ2) is 7.85. The predicted molar refractivity (Wildman–Crippen MR) is 76.8 cm³/mol. The molecule has 3 heteroatoms. The van der Waals surface area contributed by atoms with Gasteiger partial charge in [-0.3, -0.25) is 0 Å². The number of hydrogen-bond donors (Lipinski definition) is 1. The molecule has 0 atom stereocenters. The number of hydrogen-bond acceptors (Lipinski definition) is 3. The molecule has 0 heterocycles. The zero-order valence-corrected chi connectivity index (χ0v) is 12.0. The smallest absolute Gasteiger partial charge is 0.142 e. The van der Waals surface area contributed by atoms with E-state index in [0.717, 1.165) is 30.0 Å². The predicted octanol–water partition coefficient (Wildman–Crippen LogP) is 4.08. The van der Waals surface area contributed by atoms with Gasteiger partial charge in [0.25, 0.3) is 0 Å². The standard InChI is InChI=1S/C15H25NO2/c1-5-12(6-2)16-14-11-13(17-7-3)9-10-15(14)18-8-4/h9-12,16H,5-8H2,1-4H3. The molecule has 0 bridgehead atoms. The highest BCUT2D eigenvalue weighted by Gasteiger charge is 2.09. The number of anilines is 1. The van der Waals surface area contributed by atoms with Crippen molar-refractivity contribution in [1.29, 1.82) is 0 Å². The molecule has 102 valence electrons. The van der Waals surface area contributed by atoms with Gasteiger partial charge in [-0.25, -0.2) is 0 Å². The summed E-state index contributed by atoms with van der Waals surface area (Å²) in [4.78, 5) is 0. The van der Waals surface area contributed by atoms with Crippen LogP contribution in [0.2, 0.25) is 0 Å². The van der Waals surface area contributed by atoms with Crippen LogP contribution in [0, 0.1) is 0 Å². The van der Waals surface area contributed by atoms with E-state index in [2.05, 4.69) is 19.2 Å². The van der Waals surface area contributed by atoms with E-state index in [1.807, 2.05) is 32.0 Å². The highest BCUT2D eigenvalue weighted by Crippen LogP contribution is 2.30. The Kier molecular flexibility index (Phi) is 6.40. The lowest BCUT2D eigenvalue weighted by molar-refractivity contribution is 0.331. The third kappa shape index (κ3) is 4.13. The Morgan fingerprint density at radius 1 is 1.00 bits per heavy atom. The monoisotopic (exact) mass is 251 g/mol. The molecule has 0 aromatic heterocycles. The summed E-state index contributed by atoms with van der Waals surface area (Å²) in [6, 6.07) is 6.42. The van der Waals surface area contributed by atoms with Crippen LogP contribution in [-0.4, -0.2) is 19.3 Å². The normalized spacial score (nSPS) is 10.5. The van der Waals surface area contributed by atoms with Crippen molar-refractivity contribution < 1.29 is 9.47 Å². The highest BCUT2D eigenvalue weighted by atomic mass is 16.5. The highest BCUT2D eigenvalue weighted by molar-refractivity contribution is 5.60. The summed E-state index contributed by atoms with van der Waals surface area (Å²) in [7, 11) is 0. The van der Waals surface area contributed by atoms with Crippen molar-refractivity contribution in [2.45, 2.75) is 46.6 Å². The van der Waals surface area contributed by atoms with Crippen LogP contribution in [0.15, 0.2) is 18.2 Å². The van der Waals surface area contributed by atoms with Gasteiger partial charge >= 0.3 is 0 Å². The van der Waals surface area contributed by atoms with E-state index in [9.17, 15) is 0 Å². The lowest BCUT2D eigenvalue weighted by Gasteiger charge is -2.19. The summed E-state index contributed by atoms with van der Waals surface area (Å²) in [5, 5.41) is 3.53. The van der Waals surface area contributed by atoms with Gasteiger partial charge in [-0.1, -0.05) is 13.8 Å². The fourth-order valence-electron chi connectivity index (χ4n) is 1.87. The fraction of sp³-hybridized carbons (Fsp3) is 0.600. The lowest BCUT2D eigenvalue weighted by Crippen LogP contribution is -2.17. The minimum atomic E-state index is 0.473. The first-order valence-corrected chi connectivity index (χ1v) is 6.91. The van der Waals surface area contributed by atoms with E-state index < -0.39 is 0 Å². The van der Waals surface area contributed by atoms with Crippen LogP contribution in [-0.2, 0) is 0 Å². The summed E-state index contributed by atoms with van der Waals surface area (Å²) < 4.78 is 11.2. The van der Waals surface area contributed by atoms with Crippen molar-refractivity contribution in [3.63, 3.8) is 0 Å². The van der Waals surface area contributed by atoms with Crippen LogP contribution in [0.1, 0.15) is 40.5 Å². The van der Waals surface area contributed by atoms with Crippen molar-refractivity contribution in [3.8, 4) is 11.5 Å². The quantitative estimate of drug-likeness (QED) is 0.755. The molecule has 1 N–H and O–H groups in total. The van der Waals surface area contributed by atoms with Gasteiger partial charge in [-0.15, -0.1) is 0 Å². The maximum absolute atomic E-state index is 5.64. The molecule has 0 radical (unpaired) electrons. The molecule has 0 fully saturated rings. The van der Waals surface area contributed by atoms with E-state index in [4.69, 9.17) is 9.47 Å². The number of nitrogens with one attached hydrogen (secondary N) is 1. The molecular weight excluding hydrogens is 226 g/mol. The van der Waals surface area contributed by atoms with E-state index in [0.29, 0.717) is 19.3 Å². The molecule has 0 saturated carbocycles. The Hall–Kier alpha value is -1.38. The minimum Gasteiger partial charge on any atom is -0.494 e. The Morgan fingerprint density at radius 3 is 2.22 bits per heavy atom. The zero-order chi connectivity index (χ0) is 13.4. The van der Waals surface area contributed by atoms with Gasteiger partial charge in [0.05, 0.1) is 18.9 Å². The lowest BCUT2D eigenvalue weighted by atomic mass is 10.1. The van der Waals surface area contributed by atoms with Crippen molar-refractivity contribution in [3.05, 3.63) is 18.2 Å². The molecule has 1 rings (SSSR count). The molecule has 0 amide bonds. The van der Waals surface area contributed by atoms with Crippen LogP contribution in [0.4, 0.5) is 5.69 Å². The van der Waals surface area contributed by atoms with Crippen molar-refractivity contribution in [2.24, 2.45) is 0 Å². The maximum atomic E-state index is 5.64. The van der Waals surface area contributed by atoms with E-state index in [1.54, 1.807) is 0 Å². The molecule has 0 spiro atoms. The summed E-state index contributed by atoms with van der Waals surface area (Å²) >= 11 is 0. The second-order valence-electron chi connectivity index (χ2n) is 4.18. The summed E-state index contributed by atoms with van der Waals surface area (Å²) in [5.74, 6) is 1.78. The largest absolute Gasteiger partial charge is 0.494 e. The molecular formula is C15H25NO2. The van der Waals surface area contributed by atoms with E-state index in [1.165, 1.54) is 0 Å². The van der Waals surface area contributed by atoms with Crippen molar-refractivity contribution in [1.82, 2.24) is 0 Å². The number of rotatable bonds is 8. The van der Waals surface area contributed by atoms with Gasteiger partial charge in [0, 0.05) is 12.1 Å². The molecule has 0 aliphatic carbocycles. The van der Waals surface area contributed by atoms with Gasteiger partial charge in [0.1, 0.15) is 11.5 Å². The Bertz CT molecular complexity index is 348. The Labute approximate surface area is 110 Å². The molecule has 1 aromatic carbocycles. The molecule has 0 aliphatic heterocycles. The first-order chi connectivity index (χ1) is 8.74. The van der Waals surface area contributed by atoms with Gasteiger partial charge in [-0.2, -0.15) is 0 Å². The maximum Gasteiger partial charge on any atom is 0.142 e. The van der Waals surface area contributed by atoms with Crippen LogP contribution >= 0.6 is 0 Å². The molecule has 0 unspecified atom stereocenters. The molecule has 3 nitrogen and oxygen atoms in total. The van der Waals surface area contributed by atoms with E-state index in [-0.39, 0.29) is 0 Å². The number of benzene rings is 1. The minimum absolute atomic E-state index is 0.473. The molecule has 0 saturated heterocycles. The van der Waals surface area contributed by atoms with Gasteiger partial charge in [0.2, 0.25) is 0 Å². The Morgan fingerprint density at radius 2 is 1.67 bits per heavy atom. The van der Waals surface area contributed by atoms with Crippen LogP contribution in [0.25, 0.3) is 0 Å². The topological polar surface area (TPSA) is 30.5 Å². The van der Waals surface area contributed by atoms with Gasteiger partial charge in [0.15, 0.2) is 0 Å². The van der Waals surface area contributed by atoms with Crippen LogP contribution in [0.5, 0.6) is 11.5 Å². The first-order valence-electron chi connectivity index (χ1n) is 6.91. The summed E-state index contributed by atoms with van der Waals surface area (Å²) in [5.41, 5.74) is 1.02. The SMILES string of the molecule is CCOc1ccc(OCC)c(NC(CC)CC)c1. The zero-order valence-electron chi connectivity index (χ0n) is 12.0. The average molecular weight is 251 g/mol. The van der Waals surface area contributed by atoms with Crippen LogP contribution < -0.4 is 14.8 Å². The third-order valence-corrected chi connectivity index (χ3v) is 2.91. The van der Waals surface area contributed by atoms with Gasteiger partial charge < -0.3 is 14.8 Å². The van der Waals surface area contributed by atoms with Crippen LogP contribution in [0.3, 0.4) is 0 Å². The summed E-state index contributed by atoms with van der Waals surface area (Å²) in [6.07, 6.45) is 2.20. The molecule has 0 aliphatic rings. The van der Waals surface area contributed by atoms with Crippen molar-refractivity contribution in [2.75, 3.05) is 18.5 Å². The Balaban J connectivity index is 2.91. The molecule has 1 aromatic rings. The number of ether oxygens (including phenoxy) is 2. The summed E-state index contributed by atoms with van der Waals surface area (Å²) in [6.45, 7) is 9.72. The average Bonchev–Trinajstić information content (AvgIpc) is 2.39. The second-order valence-corrected chi connectivity index (χ2v) is 4.18. The fourth-order valence-corrected chi connectivity index (χ4v) is 1.87. The van der Waals surface area contributed by atoms with E-state index >= 15 is 0 Å². The third-order valence-electron chi connectivity index (χ3n) is 2.91. The first kappa shape index (κ1) is 14.7. The van der Waals surface area contributed by atoms with Crippen molar-refractivity contribution >= 4 is 5.69 Å². The molecule has 18 heavy (non-hydrogen) atoms. The van der Waals surface area contributed by atoms with Gasteiger partial charge in [-0.05, 0) is 38.8 Å².